The van der Waals surface area contributed by atoms with E-state index in [4.69, 9.17) is 9.47 Å². The number of benzene rings is 4. The lowest BCUT2D eigenvalue weighted by molar-refractivity contribution is -0.149. The summed E-state index contributed by atoms with van der Waals surface area (Å²) in [5.74, 6) is -0.172. The van der Waals surface area contributed by atoms with Crippen LogP contribution in [-0.2, 0) is 40.3 Å². The fraction of sp³-hybridized carbons (Fsp3) is 0.182. The van der Waals surface area contributed by atoms with E-state index < -0.39 is 24.1 Å². The number of nitrogens with zero attached hydrogens (tertiary/aromatic N) is 4. The van der Waals surface area contributed by atoms with E-state index in [-0.39, 0.29) is 13.2 Å². The van der Waals surface area contributed by atoms with Crippen LogP contribution in [0.15, 0.2) is 121 Å². The van der Waals surface area contributed by atoms with E-state index in [1.165, 1.54) is 4.68 Å². The molecule has 1 N–H and O–H groups in total. The van der Waals surface area contributed by atoms with Crippen molar-refractivity contribution in [2.75, 3.05) is 0 Å². The lowest BCUT2D eigenvalue weighted by Gasteiger charge is -2.22. The molecule has 0 saturated heterocycles. The van der Waals surface area contributed by atoms with E-state index in [1.807, 2.05) is 121 Å². The molecule has 0 aliphatic heterocycles. The Kier molecular flexibility index (Phi) is 9.65. The van der Waals surface area contributed by atoms with Crippen LogP contribution < -0.4 is 5.32 Å². The highest BCUT2D eigenvalue weighted by atomic mass is 16.5. The first-order valence-electron chi connectivity index (χ1n) is 13.7. The minimum atomic E-state index is -0.874. The van der Waals surface area contributed by atoms with Crippen molar-refractivity contribution in [3.8, 4) is 0 Å². The number of alkyl carbamates (subject to hydrolysis) is 1. The van der Waals surface area contributed by atoms with Gasteiger partial charge < -0.3 is 14.8 Å². The second-order valence-electron chi connectivity index (χ2n) is 9.73. The van der Waals surface area contributed by atoms with Crippen molar-refractivity contribution in [3.63, 3.8) is 0 Å². The third kappa shape index (κ3) is 7.88. The maximum Gasteiger partial charge on any atom is 0.408 e. The molecule has 9 nitrogen and oxygen atoms in total. The number of hydrogen-bond donors (Lipinski definition) is 1. The van der Waals surface area contributed by atoms with Crippen LogP contribution in [-0.4, -0.2) is 32.3 Å². The Morgan fingerprint density at radius 2 is 1.12 bits per heavy atom. The summed E-state index contributed by atoms with van der Waals surface area (Å²) in [6.45, 7) is 0.220. The Morgan fingerprint density at radius 3 is 1.67 bits per heavy atom. The van der Waals surface area contributed by atoms with E-state index in [9.17, 15) is 9.59 Å². The summed E-state index contributed by atoms with van der Waals surface area (Å²) >= 11 is 0. The molecule has 0 radical (unpaired) electrons. The van der Waals surface area contributed by atoms with Crippen molar-refractivity contribution in [2.45, 2.75) is 38.1 Å². The maximum atomic E-state index is 13.6. The number of amides is 1. The largest absolute Gasteiger partial charge is 0.459 e. The van der Waals surface area contributed by atoms with Gasteiger partial charge in [0.05, 0.1) is 6.04 Å². The Morgan fingerprint density at radius 1 is 0.643 bits per heavy atom. The van der Waals surface area contributed by atoms with Crippen LogP contribution in [0, 0.1) is 0 Å². The molecule has 2 atom stereocenters. The number of hydrogen-bond acceptors (Lipinski definition) is 7. The minimum Gasteiger partial charge on any atom is -0.459 e. The van der Waals surface area contributed by atoms with E-state index in [2.05, 4.69) is 20.8 Å². The zero-order valence-corrected chi connectivity index (χ0v) is 23.0. The smallest absolute Gasteiger partial charge is 0.408 e. The van der Waals surface area contributed by atoms with Crippen molar-refractivity contribution in [1.29, 1.82) is 0 Å². The van der Waals surface area contributed by atoms with Gasteiger partial charge in [0.1, 0.15) is 13.2 Å². The zero-order chi connectivity index (χ0) is 29.0. The van der Waals surface area contributed by atoms with Gasteiger partial charge in [0, 0.05) is 12.8 Å². The van der Waals surface area contributed by atoms with Gasteiger partial charge in [-0.2, -0.15) is 0 Å². The first-order valence-corrected chi connectivity index (χ1v) is 13.7. The van der Waals surface area contributed by atoms with Crippen LogP contribution >= 0.6 is 0 Å². The molecule has 1 aromatic heterocycles. The average molecular weight is 562 g/mol. The summed E-state index contributed by atoms with van der Waals surface area (Å²) in [4.78, 5) is 26.6. The second-order valence-corrected chi connectivity index (χ2v) is 9.73. The van der Waals surface area contributed by atoms with Gasteiger partial charge in [-0.3, -0.25) is 0 Å². The molecule has 0 aliphatic rings. The average Bonchev–Trinajstić information content (AvgIpc) is 3.53. The molecule has 1 heterocycles. The molecular weight excluding hydrogens is 530 g/mol. The van der Waals surface area contributed by atoms with Crippen LogP contribution in [0.3, 0.4) is 0 Å². The van der Waals surface area contributed by atoms with Crippen LogP contribution in [0.25, 0.3) is 0 Å². The molecule has 0 bridgehead atoms. The Labute approximate surface area is 244 Å². The molecule has 1 amide bonds. The number of nitrogens with one attached hydrogen (secondary N) is 1. The topological polar surface area (TPSA) is 108 Å². The third-order valence-corrected chi connectivity index (χ3v) is 6.68. The minimum absolute atomic E-state index is 0.109. The van der Waals surface area contributed by atoms with E-state index >= 15 is 0 Å². The Bertz CT molecular complexity index is 1550. The van der Waals surface area contributed by atoms with Crippen molar-refractivity contribution < 1.29 is 19.1 Å². The molecule has 4 aromatic carbocycles. The van der Waals surface area contributed by atoms with Crippen molar-refractivity contribution in [3.05, 3.63) is 149 Å². The first-order chi connectivity index (χ1) is 20.7. The molecule has 0 saturated carbocycles. The van der Waals surface area contributed by atoms with Gasteiger partial charge in [-0.05, 0) is 32.7 Å². The fourth-order valence-corrected chi connectivity index (χ4v) is 4.55. The molecule has 0 unspecified atom stereocenters. The highest BCUT2D eigenvalue weighted by Gasteiger charge is 2.31. The number of carbonyl (C=O) groups excluding carboxylic acids is 2. The van der Waals surface area contributed by atoms with Crippen LogP contribution in [0.4, 0.5) is 4.79 Å². The highest BCUT2D eigenvalue weighted by Crippen LogP contribution is 2.23. The monoisotopic (exact) mass is 561 g/mol. The normalized spacial score (nSPS) is 12.2. The van der Waals surface area contributed by atoms with Gasteiger partial charge in [0.25, 0.3) is 0 Å². The lowest BCUT2D eigenvalue weighted by Crippen LogP contribution is -2.35. The number of rotatable bonds is 12. The van der Waals surface area contributed by atoms with Gasteiger partial charge in [-0.1, -0.05) is 121 Å². The van der Waals surface area contributed by atoms with Gasteiger partial charge in [0.15, 0.2) is 11.9 Å². The van der Waals surface area contributed by atoms with E-state index in [0.29, 0.717) is 18.7 Å². The maximum absolute atomic E-state index is 13.6. The van der Waals surface area contributed by atoms with Crippen LogP contribution in [0.5, 0.6) is 0 Å². The van der Waals surface area contributed by atoms with Crippen molar-refractivity contribution in [2.24, 2.45) is 0 Å². The molecule has 5 aromatic rings. The molecule has 0 aliphatic carbocycles. The van der Waals surface area contributed by atoms with Crippen molar-refractivity contribution >= 4 is 12.1 Å². The molecular formula is C33H31N5O4. The molecule has 42 heavy (non-hydrogen) atoms. The zero-order valence-electron chi connectivity index (χ0n) is 23.0. The van der Waals surface area contributed by atoms with Gasteiger partial charge >= 0.3 is 12.1 Å². The summed E-state index contributed by atoms with van der Waals surface area (Å²) in [5.41, 5.74) is 3.59. The summed E-state index contributed by atoms with van der Waals surface area (Å²) in [6.07, 6.45) is 0.0440. The van der Waals surface area contributed by atoms with E-state index in [1.54, 1.807) is 0 Å². The van der Waals surface area contributed by atoms with Crippen molar-refractivity contribution in [1.82, 2.24) is 25.5 Å². The quantitative estimate of drug-likeness (QED) is 0.203. The number of esters is 1. The van der Waals surface area contributed by atoms with Gasteiger partial charge in [-0.15, -0.1) is 5.10 Å². The van der Waals surface area contributed by atoms with Gasteiger partial charge in [0.2, 0.25) is 0 Å². The van der Waals surface area contributed by atoms with Crippen LogP contribution in [0.2, 0.25) is 0 Å². The summed E-state index contributed by atoms with van der Waals surface area (Å²) in [7, 11) is 0. The van der Waals surface area contributed by atoms with Gasteiger partial charge in [-0.25, -0.2) is 14.3 Å². The Balaban J connectivity index is 1.41. The molecule has 9 heteroatoms. The number of aromatic nitrogens is 4. The highest BCUT2D eigenvalue weighted by molar-refractivity contribution is 5.74. The van der Waals surface area contributed by atoms with Crippen LogP contribution in [0.1, 0.15) is 40.2 Å². The second kappa shape index (κ2) is 14.4. The molecule has 0 spiro atoms. The number of carbonyl (C=O) groups is 2. The molecule has 5 rings (SSSR count). The fourth-order valence-electron chi connectivity index (χ4n) is 4.55. The van der Waals surface area contributed by atoms with E-state index in [0.717, 1.165) is 22.3 Å². The number of ether oxygens (including phenoxy) is 2. The summed E-state index contributed by atoms with van der Waals surface area (Å²) in [6, 6.07) is 36.6. The first kappa shape index (κ1) is 28.2. The predicted octanol–water partition coefficient (Wildman–Crippen LogP) is 5.41. The summed E-state index contributed by atoms with van der Waals surface area (Å²) in [5, 5.41) is 15.3. The Hall–Kier alpha value is -5.31. The standard InChI is InChI=1S/C33H31N5O4/c39-32(41-23-27-17-9-3-10-18-27)30(22-26-15-7-2-8-16-26)38-31(35-36-37-38)29(21-25-13-5-1-6-14-25)34-33(40)42-24-28-19-11-4-12-20-28/h1-20,29-30H,21-24H2,(H,34,40)/t29-,30-/m0/s1. The summed E-state index contributed by atoms with van der Waals surface area (Å²) < 4.78 is 12.7. The molecule has 212 valence electrons. The predicted molar refractivity (Wildman–Crippen MR) is 156 cm³/mol. The third-order valence-electron chi connectivity index (χ3n) is 6.68. The SMILES string of the molecule is O=C(N[C@@H](Cc1ccccc1)c1nnnn1[C@@H](Cc1ccccc1)C(=O)OCc1ccccc1)OCc1ccccc1. The number of tetrazole rings is 1. The molecule has 0 fully saturated rings. The lowest BCUT2D eigenvalue weighted by atomic mass is 10.0.